The zero-order valence-electron chi connectivity index (χ0n) is 16.2. The third kappa shape index (κ3) is 3.22. The minimum Gasteiger partial charge on any atom is -0.365 e. The number of rotatable bonds is 3. The van der Waals surface area contributed by atoms with E-state index in [1.54, 1.807) is 0 Å². The summed E-state index contributed by atoms with van der Waals surface area (Å²) >= 11 is 6.07. The van der Waals surface area contributed by atoms with Gasteiger partial charge in [-0.05, 0) is 18.2 Å². The van der Waals surface area contributed by atoms with E-state index in [4.69, 9.17) is 17.3 Å². The molecule has 0 aliphatic rings. The number of alkyl halides is 3. The van der Waals surface area contributed by atoms with Crippen molar-refractivity contribution in [3.05, 3.63) is 69.5 Å². The molecule has 13 heteroatoms. The van der Waals surface area contributed by atoms with E-state index in [1.165, 1.54) is 42.9 Å². The van der Waals surface area contributed by atoms with Crippen molar-refractivity contribution in [3.8, 4) is 17.2 Å². The first kappa shape index (κ1) is 20.7. The van der Waals surface area contributed by atoms with E-state index in [-0.39, 0.29) is 32.8 Å². The third-order valence-electron chi connectivity index (χ3n) is 4.99. The van der Waals surface area contributed by atoms with Crippen LogP contribution in [-0.4, -0.2) is 35.6 Å². The molecule has 0 saturated carbocycles. The lowest BCUT2D eigenvalue weighted by Crippen LogP contribution is -2.21. The molecule has 4 heterocycles. The molecule has 0 bridgehead atoms. The molecule has 0 atom stereocenters. The maximum Gasteiger partial charge on any atom is 0.434 e. The zero-order chi connectivity index (χ0) is 23.5. The lowest BCUT2D eigenvalue weighted by molar-refractivity contribution is -0.143. The van der Waals surface area contributed by atoms with Crippen molar-refractivity contribution in [2.45, 2.75) is 6.18 Å². The van der Waals surface area contributed by atoms with Crippen molar-refractivity contribution in [1.82, 2.24) is 29.7 Å². The van der Waals surface area contributed by atoms with Crippen LogP contribution in [0.3, 0.4) is 0 Å². The lowest BCUT2D eigenvalue weighted by Gasteiger charge is -2.13. The maximum atomic E-state index is 14.2. The summed E-state index contributed by atoms with van der Waals surface area (Å²) in [5.41, 5.74) is 2.66. The van der Waals surface area contributed by atoms with Gasteiger partial charge >= 0.3 is 6.18 Å². The van der Waals surface area contributed by atoms with Crippen LogP contribution in [0.4, 0.5) is 13.2 Å². The van der Waals surface area contributed by atoms with Crippen LogP contribution in [0.5, 0.6) is 0 Å². The number of fused-ring (bicyclic) bond motifs is 2. The van der Waals surface area contributed by atoms with Gasteiger partial charge in [-0.1, -0.05) is 17.7 Å². The Balaban J connectivity index is 1.89. The van der Waals surface area contributed by atoms with Gasteiger partial charge in [0, 0.05) is 23.2 Å². The minimum atomic E-state index is -5.02. The molecule has 5 aromatic rings. The van der Waals surface area contributed by atoms with Crippen LogP contribution >= 0.6 is 11.6 Å². The summed E-state index contributed by atoms with van der Waals surface area (Å²) < 4.78 is 43.2. The number of imidazole rings is 1. The van der Waals surface area contributed by atoms with Crippen LogP contribution in [0.25, 0.3) is 39.0 Å². The summed E-state index contributed by atoms with van der Waals surface area (Å²) in [5.74, 6) is -1.51. The number of amides is 1. The number of nitrogens with two attached hydrogens (primary N) is 1. The Morgan fingerprint density at radius 2 is 1.94 bits per heavy atom. The van der Waals surface area contributed by atoms with Gasteiger partial charge in [-0.2, -0.15) is 18.3 Å². The van der Waals surface area contributed by atoms with Crippen molar-refractivity contribution < 1.29 is 18.0 Å². The number of hydrogen-bond donors (Lipinski definition) is 3. The first-order valence-corrected chi connectivity index (χ1v) is 9.65. The van der Waals surface area contributed by atoms with E-state index in [9.17, 15) is 22.8 Å². The zero-order valence-corrected chi connectivity index (χ0v) is 17.0. The molecule has 9 nitrogen and oxygen atoms in total. The lowest BCUT2D eigenvalue weighted by atomic mass is 10.1. The number of H-pyrrole nitrogens is 2. The number of aromatic amines is 2. The van der Waals surface area contributed by atoms with E-state index in [0.29, 0.717) is 10.2 Å². The van der Waals surface area contributed by atoms with E-state index < -0.39 is 34.6 Å². The van der Waals surface area contributed by atoms with Crippen molar-refractivity contribution in [2.75, 3.05) is 0 Å². The standard InChI is InChI=1S/C20H11ClF3N7O2/c21-10-6-26-7-11-14(10)29-18(28-11)15-13(17(25)32)16(20(22,23)24)31(30-15)12-3-1-2-9-8(12)4-5-27-19(9)33/h1-7H,(H2,25,32)(H,27,33)(H,28,29). The Bertz CT molecular complexity index is 1630. The number of hydrogen-bond acceptors (Lipinski definition) is 5. The number of halogens is 4. The molecule has 1 amide bonds. The highest BCUT2D eigenvalue weighted by Gasteiger charge is 2.43. The summed E-state index contributed by atoms with van der Waals surface area (Å²) in [6, 6.07) is 5.64. The third-order valence-corrected chi connectivity index (χ3v) is 5.27. The molecule has 166 valence electrons. The predicted molar refractivity (Wildman–Crippen MR) is 113 cm³/mol. The molecule has 33 heavy (non-hydrogen) atoms. The highest BCUT2D eigenvalue weighted by atomic mass is 35.5. The second kappa shape index (κ2) is 7.17. The highest BCUT2D eigenvalue weighted by molar-refractivity contribution is 6.34. The first-order valence-electron chi connectivity index (χ1n) is 9.27. The minimum absolute atomic E-state index is 0.0736. The maximum absolute atomic E-state index is 14.2. The van der Waals surface area contributed by atoms with Crippen LogP contribution in [-0.2, 0) is 6.18 Å². The highest BCUT2D eigenvalue weighted by Crippen LogP contribution is 2.39. The van der Waals surface area contributed by atoms with Gasteiger partial charge in [-0.15, -0.1) is 0 Å². The summed E-state index contributed by atoms with van der Waals surface area (Å²) in [5, 5.41) is 4.55. The number of nitrogens with zero attached hydrogens (tertiary/aromatic N) is 4. The molecule has 4 N–H and O–H groups in total. The molecule has 0 aliphatic carbocycles. The molecule has 0 aliphatic heterocycles. The Morgan fingerprint density at radius 1 is 1.15 bits per heavy atom. The number of carbonyl (C=O) groups is 1. The molecule has 0 spiro atoms. The van der Waals surface area contributed by atoms with Crippen LogP contribution < -0.4 is 11.3 Å². The van der Waals surface area contributed by atoms with Crippen LogP contribution in [0.2, 0.25) is 5.02 Å². The molecule has 5 rings (SSSR count). The normalized spacial score (nSPS) is 12.0. The van der Waals surface area contributed by atoms with Crippen molar-refractivity contribution in [3.63, 3.8) is 0 Å². The van der Waals surface area contributed by atoms with Gasteiger partial charge in [0.05, 0.1) is 22.4 Å². The van der Waals surface area contributed by atoms with E-state index >= 15 is 0 Å². The largest absolute Gasteiger partial charge is 0.434 e. The van der Waals surface area contributed by atoms with Gasteiger partial charge in [0.25, 0.3) is 11.5 Å². The van der Waals surface area contributed by atoms with Crippen LogP contribution in [0.1, 0.15) is 16.1 Å². The Kier molecular flexibility index (Phi) is 4.50. The number of aromatic nitrogens is 6. The van der Waals surface area contributed by atoms with Gasteiger partial charge < -0.3 is 15.7 Å². The molecule has 4 aromatic heterocycles. The van der Waals surface area contributed by atoms with Gasteiger partial charge in [0.15, 0.2) is 11.5 Å². The summed E-state index contributed by atoms with van der Waals surface area (Å²) in [4.78, 5) is 37.7. The van der Waals surface area contributed by atoms with Gasteiger partial charge in [-0.25, -0.2) is 9.67 Å². The molecular weight excluding hydrogens is 463 g/mol. The Morgan fingerprint density at radius 3 is 2.64 bits per heavy atom. The summed E-state index contributed by atoms with van der Waals surface area (Å²) in [6.07, 6.45) is -1.03. The Labute approximate surface area is 186 Å². The number of primary amides is 1. The fourth-order valence-electron chi connectivity index (χ4n) is 3.66. The first-order chi connectivity index (χ1) is 15.7. The van der Waals surface area contributed by atoms with Crippen molar-refractivity contribution in [2.24, 2.45) is 5.73 Å². The average Bonchev–Trinajstić information content (AvgIpc) is 3.36. The smallest absolute Gasteiger partial charge is 0.365 e. The Hall–Kier alpha value is -4.19. The van der Waals surface area contributed by atoms with Crippen LogP contribution in [0.15, 0.2) is 47.7 Å². The quantitative estimate of drug-likeness (QED) is 0.369. The predicted octanol–water partition coefficient (Wildman–Crippen LogP) is 3.42. The molecular formula is C20H11ClF3N7O2. The average molecular weight is 474 g/mol. The molecule has 0 fully saturated rings. The number of pyridine rings is 2. The van der Waals surface area contributed by atoms with Crippen molar-refractivity contribution >= 4 is 39.3 Å². The number of benzene rings is 1. The number of nitrogens with one attached hydrogen (secondary N) is 2. The van der Waals surface area contributed by atoms with Crippen LogP contribution in [0, 0.1) is 0 Å². The summed E-state index contributed by atoms with van der Waals surface area (Å²) in [7, 11) is 0. The van der Waals surface area contributed by atoms with E-state index in [0.717, 1.165) is 0 Å². The van der Waals surface area contributed by atoms with Gasteiger partial charge in [0.2, 0.25) is 0 Å². The van der Waals surface area contributed by atoms with E-state index in [2.05, 4.69) is 25.0 Å². The molecule has 0 radical (unpaired) electrons. The second-order valence-corrected chi connectivity index (χ2v) is 7.40. The summed E-state index contributed by atoms with van der Waals surface area (Å²) in [6.45, 7) is 0. The van der Waals surface area contributed by atoms with Gasteiger partial charge in [0.1, 0.15) is 16.8 Å². The monoisotopic (exact) mass is 473 g/mol. The fourth-order valence-corrected chi connectivity index (χ4v) is 3.86. The topological polar surface area (TPSA) is 135 Å². The molecule has 1 aromatic carbocycles. The molecule has 0 unspecified atom stereocenters. The molecule has 0 saturated heterocycles. The SMILES string of the molecule is NC(=O)c1c(-c2nc3c(Cl)cncc3[nH]2)nn(-c2cccc3c(=O)[nH]ccc23)c1C(F)(F)F. The fraction of sp³-hybridized carbons (Fsp3) is 0.0500. The number of carbonyl (C=O) groups excluding carboxylic acids is 1. The second-order valence-electron chi connectivity index (χ2n) is 6.99. The van der Waals surface area contributed by atoms with E-state index in [1.807, 2.05) is 0 Å². The van der Waals surface area contributed by atoms with Gasteiger partial charge in [-0.3, -0.25) is 14.6 Å². The van der Waals surface area contributed by atoms with Crippen molar-refractivity contribution in [1.29, 1.82) is 0 Å².